The largest absolute Gasteiger partial charge is 0.260 e. The maximum Gasteiger partial charge on any atom is 0.0434 e. The molecule has 1 aromatic heterocycles. The van der Waals surface area contributed by atoms with Crippen LogP contribution in [0.3, 0.4) is 0 Å². The molecule has 1 aliphatic carbocycles. The fourth-order valence-corrected chi connectivity index (χ4v) is 4.58. The van der Waals surface area contributed by atoms with Crippen molar-refractivity contribution in [2.75, 3.05) is 0 Å². The van der Waals surface area contributed by atoms with Gasteiger partial charge in [0.15, 0.2) is 0 Å². The molecule has 0 radical (unpaired) electrons. The van der Waals surface area contributed by atoms with Crippen molar-refractivity contribution in [2.45, 2.75) is 90.4 Å². The molecule has 27 heavy (non-hydrogen) atoms. The molecule has 0 amide bonds. The van der Waals surface area contributed by atoms with Gasteiger partial charge in [0, 0.05) is 23.4 Å². The van der Waals surface area contributed by atoms with Crippen LogP contribution in [0.25, 0.3) is 11.1 Å². The van der Waals surface area contributed by atoms with Gasteiger partial charge >= 0.3 is 0 Å². The van der Waals surface area contributed by atoms with Crippen LogP contribution in [-0.2, 0) is 6.42 Å². The SMILES string of the molecule is CCCCCCC1CCC(c2ccc(-c3ccc(CCC)cc3)cn2)CC1. The number of hydrogen-bond acceptors (Lipinski definition) is 1. The first-order valence-electron chi connectivity index (χ1n) is 11.4. The molecule has 0 bridgehead atoms. The molecule has 0 atom stereocenters. The minimum Gasteiger partial charge on any atom is -0.260 e. The minimum atomic E-state index is 0.679. The first-order valence-corrected chi connectivity index (χ1v) is 11.4. The highest BCUT2D eigenvalue weighted by Crippen LogP contribution is 2.37. The number of aryl methyl sites for hydroxylation is 1. The van der Waals surface area contributed by atoms with E-state index < -0.39 is 0 Å². The summed E-state index contributed by atoms with van der Waals surface area (Å²) in [4.78, 5) is 4.85. The fourth-order valence-electron chi connectivity index (χ4n) is 4.58. The predicted octanol–water partition coefficient (Wildman–Crippen LogP) is 7.95. The van der Waals surface area contributed by atoms with Gasteiger partial charge in [0.1, 0.15) is 0 Å². The zero-order chi connectivity index (χ0) is 18.9. The number of aromatic nitrogens is 1. The summed E-state index contributed by atoms with van der Waals surface area (Å²) >= 11 is 0. The molecule has 0 N–H and O–H groups in total. The number of hydrogen-bond donors (Lipinski definition) is 0. The van der Waals surface area contributed by atoms with E-state index in [2.05, 4.69) is 56.4 Å². The summed E-state index contributed by atoms with van der Waals surface area (Å²) in [5, 5.41) is 0. The van der Waals surface area contributed by atoms with E-state index in [1.807, 2.05) is 0 Å². The van der Waals surface area contributed by atoms with Gasteiger partial charge in [0.25, 0.3) is 0 Å². The summed E-state index contributed by atoms with van der Waals surface area (Å²) in [6.07, 6.45) is 17.0. The second-order valence-electron chi connectivity index (χ2n) is 8.49. The van der Waals surface area contributed by atoms with Crippen LogP contribution in [-0.4, -0.2) is 4.98 Å². The van der Waals surface area contributed by atoms with Crippen molar-refractivity contribution in [3.63, 3.8) is 0 Å². The van der Waals surface area contributed by atoms with E-state index in [9.17, 15) is 0 Å². The lowest BCUT2D eigenvalue weighted by Gasteiger charge is -2.28. The molecule has 146 valence electrons. The normalized spacial score (nSPS) is 19.9. The van der Waals surface area contributed by atoms with Crippen molar-refractivity contribution in [2.24, 2.45) is 5.92 Å². The van der Waals surface area contributed by atoms with Gasteiger partial charge in [-0.25, -0.2) is 0 Å². The number of rotatable bonds is 9. The molecule has 2 aromatic rings. The van der Waals surface area contributed by atoms with Gasteiger partial charge < -0.3 is 0 Å². The van der Waals surface area contributed by atoms with Crippen molar-refractivity contribution in [3.8, 4) is 11.1 Å². The van der Waals surface area contributed by atoms with Crippen molar-refractivity contribution < 1.29 is 0 Å². The Hall–Kier alpha value is -1.63. The van der Waals surface area contributed by atoms with Gasteiger partial charge in [0.2, 0.25) is 0 Å². The highest BCUT2D eigenvalue weighted by atomic mass is 14.7. The lowest BCUT2D eigenvalue weighted by atomic mass is 9.78. The number of unbranched alkanes of at least 4 members (excludes halogenated alkanes) is 3. The zero-order valence-corrected chi connectivity index (χ0v) is 17.4. The van der Waals surface area contributed by atoms with Gasteiger partial charge in [-0.3, -0.25) is 4.98 Å². The molecular formula is C26H37N. The van der Waals surface area contributed by atoms with E-state index in [0.717, 1.165) is 5.92 Å². The Labute approximate surface area is 166 Å². The van der Waals surface area contributed by atoms with Crippen LogP contribution in [0.4, 0.5) is 0 Å². The third kappa shape index (κ3) is 5.92. The molecule has 1 fully saturated rings. The van der Waals surface area contributed by atoms with Crippen LogP contribution in [0.2, 0.25) is 0 Å². The Morgan fingerprint density at radius 2 is 1.52 bits per heavy atom. The van der Waals surface area contributed by atoms with Gasteiger partial charge in [-0.2, -0.15) is 0 Å². The molecule has 1 heteroatoms. The number of benzene rings is 1. The Morgan fingerprint density at radius 3 is 2.15 bits per heavy atom. The van der Waals surface area contributed by atoms with E-state index in [-0.39, 0.29) is 0 Å². The molecule has 1 saturated carbocycles. The smallest absolute Gasteiger partial charge is 0.0434 e. The van der Waals surface area contributed by atoms with Gasteiger partial charge in [0.05, 0.1) is 0 Å². The minimum absolute atomic E-state index is 0.679. The lowest BCUT2D eigenvalue weighted by molar-refractivity contribution is 0.299. The molecule has 0 aliphatic heterocycles. The fraction of sp³-hybridized carbons (Fsp3) is 0.577. The second-order valence-corrected chi connectivity index (χ2v) is 8.49. The topological polar surface area (TPSA) is 12.9 Å². The highest BCUT2D eigenvalue weighted by molar-refractivity contribution is 5.62. The van der Waals surface area contributed by atoms with Crippen LogP contribution in [0, 0.1) is 5.92 Å². The van der Waals surface area contributed by atoms with Crippen LogP contribution in [0.5, 0.6) is 0 Å². The van der Waals surface area contributed by atoms with Gasteiger partial charge in [-0.15, -0.1) is 0 Å². The Balaban J connectivity index is 1.50. The number of pyridine rings is 1. The molecule has 0 saturated heterocycles. The third-order valence-electron chi connectivity index (χ3n) is 6.34. The van der Waals surface area contributed by atoms with E-state index in [4.69, 9.17) is 4.98 Å². The molecule has 3 rings (SSSR count). The van der Waals surface area contributed by atoms with Crippen molar-refractivity contribution in [1.29, 1.82) is 0 Å². The van der Waals surface area contributed by atoms with Crippen molar-refractivity contribution in [1.82, 2.24) is 4.98 Å². The third-order valence-corrected chi connectivity index (χ3v) is 6.34. The summed E-state index contributed by atoms with van der Waals surface area (Å²) in [6, 6.07) is 13.6. The quantitative estimate of drug-likeness (QED) is 0.412. The molecule has 1 aromatic carbocycles. The maximum absolute atomic E-state index is 4.85. The Morgan fingerprint density at radius 1 is 0.778 bits per heavy atom. The van der Waals surface area contributed by atoms with E-state index in [1.165, 1.54) is 93.0 Å². The summed E-state index contributed by atoms with van der Waals surface area (Å²) in [6.45, 7) is 4.53. The maximum atomic E-state index is 4.85. The van der Waals surface area contributed by atoms with Gasteiger partial charge in [-0.1, -0.05) is 82.7 Å². The average molecular weight is 364 g/mol. The lowest BCUT2D eigenvalue weighted by Crippen LogP contribution is -2.14. The zero-order valence-electron chi connectivity index (χ0n) is 17.4. The van der Waals surface area contributed by atoms with E-state index in [1.54, 1.807) is 0 Å². The average Bonchev–Trinajstić information content (AvgIpc) is 2.73. The van der Waals surface area contributed by atoms with Crippen LogP contribution < -0.4 is 0 Å². The van der Waals surface area contributed by atoms with Crippen molar-refractivity contribution in [3.05, 3.63) is 53.9 Å². The Kier molecular flexibility index (Phi) is 7.93. The van der Waals surface area contributed by atoms with Gasteiger partial charge in [-0.05, 0) is 55.2 Å². The van der Waals surface area contributed by atoms with Crippen molar-refractivity contribution >= 4 is 0 Å². The molecule has 1 nitrogen and oxygen atoms in total. The summed E-state index contributed by atoms with van der Waals surface area (Å²) < 4.78 is 0. The molecule has 1 heterocycles. The Bertz CT molecular complexity index is 648. The van der Waals surface area contributed by atoms with Crippen LogP contribution >= 0.6 is 0 Å². The van der Waals surface area contributed by atoms with Crippen LogP contribution in [0.1, 0.15) is 95.2 Å². The van der Waals surface area contributed by atoms with E-state index >= 15 is 0 Å². The molecule has 0 unspecified atom stereocenters. The summed E-state index contributed by atoms with van der Waals surface area (Å²) in [5.74, 6) is 1.65. The summed E-state index contributed by atoms with van der Waals surface area (Å²) in [7, 11) is 0. The standard InChI is InChI=1S/C26H37N/c1-3-5-6-7-9-22-12-16-24(17-13-22)26-19-18-25(20-27-26)23-14-10-21(8-4-2)11-15-23/h10-11,14-15,18-20,22,24H,3-9,12-13,16-17H2,1-2H3. The molecule has 1 aliphatic rings. The van der Waals surface area contributed by atoms with E-state index in [0.29, 0.717) is 5.92 Å². The highest BCUT2D eigenvalue weighted by Gasteiger charge is 2.22. The monoisotopic (exact) mass is 363 g/mol. The van der Waals surface area contributed by atoms with Crippen LogP contribution in [0.15, 0.2) is 42.6 Å². The first-order chi connectivity index (χ1) is 13.3. The first kappa shape index (κ1) is 20.1. The molecular weight excluding hydrogens is 326 g/mol. The summed E-state index contributed by atoms with van der Waals surface area (Å²) in [5.41, 5.74) is 5.26. The number of nitrogens with zero attached hydrogens (tertiary/aromatic N) is 1. The predicted molar refractivity (Wildman–Crippen MR) is 117 cm³/mol. The molecule has 0 spiro atoms. The second kappa shape index (κ2) is 10.6.